The molecule has 4 aromatic carbocycles. The van der Waals surface area contributed by atoms with Gasteiger partial charge in [-0.3, -0.25) is 0 Å². The fraction of sp³-hybridized carbons (Fsp3) is 0.231. The average molecular weight is 355 g/mol. The average Bonchev–Trinajstić information content (AvgIpc) is 2.67. The summed E-state index contributed by atoms with van der Waals surface area (Å²) in [4.78, 5) is 0. The highest BCUT2D eigenvalue weighted by molar-refractivity contribution is 6.02. The van der Waals surface area contributed by atoms with E-state index in [2.05, 4.69) is 105 Å². The lowest BCUT2D eigenvalue weighted by molar-refractivity contribution is -0.685. The van der Waals surface area contributed by atoms with Gasteiger partial charge in [0.05, 0.1) is 0 Å². The van der Waals surface area contributed by atoms with E-state index in [1.54, 1.807) is 0 Å². The van der Waals surface area contributed by atoms with Gasteiger partial charge >= 0.3 is 0 Å². The number of rotatable bonds is 4. The van der Waals surface area contributed by atoms with E-state index in [1.165, 1.54) is 38.2 Å². The summed E-state index contributed by atoms with van der Waals surface area (Å²) >= 11 is 0. The zero-order valence-electron chi connectivity index (χ0n) is 16.5. The Kier molecular flexibility index (Phi) is 4.72. The van der Waals surface area contributed by atoms with Crippen LogP contribution in [0.4, 0.5) is 0 Å². The van der Waals surface area contributed by atoms with Crippen molar-refractivity contribution < 1.29 is 5.32 Å². The molecule has 0 heterocycles. The quantitative estimate of drug-likeness (QED) is 0.462. The number of quaternary nitrogens is 1. The molecule has 0 radical (unpaired) electrons. The third kappa shape index (κ3) is 3.74. The van der Waals surface area contributed by atoms with Gasteiger partial charge in [-0.25, -0.2) is 0 Å². The van der Waals surface area contributed by atoms with Gasteiger partial charge < -0.3 is 5.32 Å². The van der Waals surface area contributed by atoms with Crippen LogP contribution in [0.1, 0.15) is 37.5 Å². The van der Waals surface area contributed by atoms with Gasteiger partial charge in [0.25, 0.3) is 0 Å². The molecule has 0 spiro atoms. The molecule has 0 fully saturated rings. The maximum Gasteiger partial charge on any atom is 0.103 e. The van der Waals surface area contributed by atoms with Gasteiger partial charge in [0, 0.05) is 11.1 Å². The van der Waals surface area contributed by atoms with Crippen molar-refractivity contribution in [3.05, 3.63) is 95.6 Å². The highest BCUT2D eigenvalue weighted by Crippen LogP contribution is 2.28. The molecule has 0 unspecified atom stereocenters. The molecule has 0 bridgehead atoms. The Labute approximate surface area is 162 Å². The van der Waals surface area contributed by atoms with Crippen molar-refractivity contribution in [3.8, 4) is 0 Å². The minimum atomic E-state index is 0.212. The van der Waals surface area contributed by atoms with Crippen LogP contribution >= 0.6 is 0 Å². The lowest BCUT2D eigenvalue weighted by Crippen LogP contribution is -2.80. The second-order valence-electron chi connectivity index (χ2n) is 8.44. The van der Waals surface area contributed by atoms with Crippen molar-refractivity contribution in [1.29, 1.82) is 0 Å². The Morgan fingerprint density at radius 1 is 0.667 bits per heavy atom. The highest BCUT2D eigenvalue weighted by atomic mass is 14.8. The Hall–Kier alpha value is -2.64. The van der Waals surface area contributed by atoms with Gasteiger partial charge in [-0.05, 0) is 38.6 Å². The summed E-state index contributed by atoms with van der Waals surface area (Å²) in [6.45, 7) is 8.78. The molecule has 2 N–H and O–H groups in total. The molecule has 0 amide bonds. The second kappa shape index (κ2) is 7.17. The molecule has 4 rings (SSSR count). The predicted molar refractivity (Wildman–Crippen MR) is 116 cm³/mol. The van der Waals surface area contributed by atoms with E-state index < -0.39 is 0 Å². The molecule has 0 aliphatic heterocycles. The largest absolute Gasteiger partial charge is 0.339 e. The molecule has 1 heteroatoms. The minimum Gasteiger partial charge on any atom is -0.339 e. The zero-order valence-corrected chi connectivity index (χ0v) is 16.5. The van der Waals surface area contributed by atoms with Crippen molar-refractivity contribution in [2.24, 2.45) is 0 Å². The monoisotopic (exact) mass is 354 g/mol. The zero-order chi connectivity index (χ0) is 18.9. The third-order valence-corrected chi connectivity index (χ3v) is 5.43. The molecular weight excluding hydrogens is 326 g/mol. The van der Waals surface area contributed by atoms with Crippen LogP contribution < -0.4 is 5.32 Å². The lowest BCUT2D eigenvalue weighted by Gasteiger charge is -2.19. The number of hydrogen-bond donors (Lipinski definition) is 1. The van der Waals surface area contributed by atoms with E-state index in [0.29, 0.717) is 0 Å². The van der Waals surface area contributed by atoms with Crippen LogP contribution in [0.2, 0.25) is 0 Å². The van der Waals surface area contributed by atoms with Crippen LogP contribution in [0.25, 0.3) is 21.5 Å². The summed E-state index contributed by atoms with van der Waals surface area (Å²) in [5.74, 6) is 0. The molecule has 27 heavy (non-hydrogen) atoms. The first kappa shape index (κ1) is 17.8. The standard InChI is InChI=1S/C26H27N/c1-26(2,3)22-14-12-19(13-15-22)17-27-18-25-23-10-6-4-8-20(23)16-21-9-5-7-11-24(21)25/h4-16,27H,17-18H2,1-3H3/p+1. The van der Waals surface area contributed by atoms with Crippen LogP contribution in [0.5, 0.6) is 0 Å². The number of hydrogen-bond acceptors (Lipinski definition) is 0. The minimum absolute atomic E-state index is 0.212. The molecule has 0 aromatic heterocycles. The van der Waals surface area contributed by atoms with Crippen molar-refractivity contribution >= 4 is 21.5 Å². The first-order valence-electron chi connectivity index (χ1n) is 9.83. The predicted octanol–water partition coefficient (Wildman–Crippen LogP) is 5.55. The van der Waals surface area contributed by atoms with Gasteiger partial charge in [-0.2, -0.15) is 0 Å². The number of fused-ring (bicyclic) bond motifs is 2. The number of benzene rings is 4. The molecule has 0 aliphatic rings. The van der Waals surface area contributed by atoms with Gasteiger partial charge in [0.1, 0.15) is 13.1 Å². The fourth-order valence-electron chi connectivity index (χ4n) is 3.85. The first-order chi connectivity index (χ1) is 13.0. The van der Waals surface area contributed by atoms with Crippen molar-refractivity contribution in [1.82, 2.24) is 0 Å². The highest BCUT2D eigenvalue weighted by Gasteiger charge is 2.13. The smallest absolute Gasteiger partial charge is 0.103 e. The van der Waals surface area contributed by atoms with Crippen LogP contribution in [0.3, 0.4) is 0 Å². The molecule has 1 nitrogen and oxygen atoms in total. The Balaban J connectivity index is 1.58. The maximum atomic E-state index is 2.42. The van der Waals surface area contributed by atoms with Crippen molar-refractivity contribution in [3.63, 3.8) is 0 Å². The van der Waals surface area contributed by atoms with Gasteiger partial charge in [0.15, 0.2) is 0 Å². The van der Waals surface area contributed by atoms with Gasteiger partial charge in [0.2, 0.25) is 0 Å². The van der Waals surface area contributed by atoms with Crippen molar-refractivity contribution in [2.75, 3.05) is 0 Å². The van der Waals surface area contributed by atoms with Crippen LogP contribution in [-0.4, -0.2) is 0 Å². The van der Waals surface area contributed by atoms with Crippen molar-refractivity contribution in [2.45, 2.75) is 39.3 Å². The van der Waals surface area contributed by atoms with E-state index in [-0.39, 0.29) is 5.41 Å². The normalized spacial score (nSPS) is 12.0. The lowest BCUT2D eigenvalue weighted by atomic mass is 9.87. The molecule has 0 aliphatic carbocycles. The fourth-order valence-corrected chi connectivity index (χ4v) is 3.85. The Morgan fingerprint density at radius 2 is 1.22 bits per heavy atom. The van der Waals surface area contributed by atoms with E-state index in [4.69, 9.17) is 0 Å². The summed E-state index contributed by atoms with van der Waals surface area (Å²) in [6.07, 6.45) is 0. The Morgan fingerprint density at radius 3 is 1.78 bits per heavy atom. The SMILES string of the molecule is CC(C)(C)c1ccc(C[NH2+]Cc2c3ccccc3cc3ccccc23)cc1. The summed E-state index contributed by atoms with van der Waals surface area (Å²) in [6, 6.07) is 28.9. The molecule has 0 saturated heterocycles. The summed E-state index contributed by atoms with van der Waals surface area (Å²) in [5, 5.41) is 7.81. The summed E-state index contributed by atoms with van der Waals surface area (Å²) in [5.41, 5.74) is 4.43. The third-order valence-electron chi connectivity index (χ3n) is 5.43. The van der Waals surface area contributed by atoms with E-state index in [9.17, 15) is 0 Å². The van der Waals surface area contributed by atoms with Gasteiger partial charge in [-0.15, -0.1) is 0 Å². The summed E-state index contributed by atoms with van der Waals surface area (Å²) < 4.78 is 0. The topological polar surface area (TPSA) is 16.6 Å². The second-order valence-corrected chi connectivity index (χ2v) is 8.44. The van der Waals surface area contributed by atoms with Crippen LogP contribution in [0.15, 0.2) is 78.9 Å². The Bertz CT molecular complexity index is 1010. The molecule has 136 valence electrons. The first-order valence-corrected chi connectivity index (χ1v) is 9.83. The maximum absolute atomic E-state index is 2.42. The number of nitrogens with two attached hydrogens (primary N) is 1. The molecular formula is C26H28N+. The molecule has 0 atom stereocenters. The summed E-state index contributed by atoms with van der Waals surface area (Å²) in [7, 11) is 0. The van der Waals surface area contributed by atoms with E-state index in [1.807, 2.05) is 0 Å². The van der Waals surface area contributed by atoms with Crippen LogP contribution in [0, 0.1) is 0 Å². The van der Waals surface area contributed by atoms with Gasteiger partial charge in [-0.1, -0.05) is 93.6 Å². The van der Waals surface area contributed by atoms with Crippen LogP contribution in [-0.2, 0) is 18.5 Å². The van der Waals surface area contributed by atoms with E-state index >= 15 is 0 Å². The molecule has 0 saturated carbocycles. The van der Waals surface area contributed by atoms with E-state index in [0.717, 1.165) is 13.1 Å². The molecule has 4 aromatic rings.